The predicted octanol–water partition coefficient (Wildman–Crippen LogP) is 3.28. The Morgan fingerprint density at radius 2 is 1.89 bits per heavy atom. The third kappa shape index (κ3) is 3.96. The molecule has 1 saturated carbocycles. The molecule has 2 fully saturated rings. The van der Waals surface area contributed by atoms with Gasteiger partial charge in [-0.15, -0.1) is 0 Å². The van der Waals surface area contributed by atoms with Crippen LogP contribution in [-0.4, -0.2) is 37.1 Å². The molecule has 0 aromatic heterocycles. The molecule has 0 radical (unpaired) electrons. The summed E-state index contributed by atoms with van der Waals surface area (Å²) in [6.07, 6.45) is 10.0. The predicted molar refractivity (Wildman–Crippen MR) is 78.9 cm³/mol. The third-order valence-corrected chi connectivity index (χ3v) is 5.14. The molecule has 1 aliphatic carbocycles. The number of nitrogens with one attached hydrogen (secondary N) is 1. The quantitative estimate of drug-likeness (QED) is 0.808. The minimum atomic E-state index is 0.806. The number of hydrogen-bond donors (Lipinski definition) is 1. The van der Waals surface area contributed by atoms with E-state index in [-0.39, 0.29) is 0 Å². The van der Waals surface area contributed by atoms with E-state index in [0.29, 0.717) is 0 Å². The van der Waals surface area contributed by atoms with Gasteiger partial charge >= 0.3 is 0 Å². The van der Waals surface area contributed by atoms with Crippen molar-refractivity contribution >= 4 is 0 Å². The summed E-state index contributed by atoms with van der Waals surface area (Å²) < 4.78 is 0. The van der Waals surface area contributed by atoms with Crippen LogP contribution in [0.25, 0.3) is 0 Å². The molecule has 1 saturated heterocycles. The second-order valence-electron chi connectivity index (χ2n) is 6.36. The summed E-state index contributed by atoms with van der Waals surface area (Å²) in [5, 5.41) is 3.69. The fraction of sp³-hybridized carbons (Fsp3) is 1.00. The van der Waals surface area contributed by atoms with Crippen molar-refractivity contribution in [2.45, 2.75) is 64.8 Å². The second-order valence-corrected chi connectivity index (χ2v) is 6.36. The average Bonchev–Trinajstić information content (AvgIpc) is 2.68. The number of likely N-dealkylation sites (tertiary alicyclic amines) is 1. The standard InChI is InChI=1S/C16H32N2/c1-3-14-7-6-11-18(12-10-14)13-15-8-5-9-16(15)17-4-2/h14-17H,3-13H2,1-2H3. The van der Waals surface area contributed by atoms with E-state index in [1.807, 2.05) is 0 Å². The minimum absolute atomic E-state index is 0.806. The fourth-order valence-electron chi connectivity index (χ4n) is 3.93. The molecule has 2 rings (SSSR count). The molecule has 106 valence electrons. The van der Waals surface area contributed by atoms with Gasteiger partial charge in [0.25, 0.3) is 0 Å². The van der Waals surface area contributed by atoms with Crippen LogP contribution in [0.3, 0.4) is 0 Å². The summed E-state index contributed by atoms with van der Waals surface area (Å²) in [5.41, 5.74) is 0. The maximum Gasteiger partial charge on any atom is 0.0107 e. The molecular weight excluding hydrogens is 220 g/mol. The van der Waals surface area contributed by atoms with E-state index in [2.05, 4.69) is 24.1 Å². The topological polar surface area (TPSA) is 15.3 Å². The first-order valence-electron chi connectivity index (χ1n) is 8.29. The van der Waals surface area contributed by atoms with Crippen molar-refractivity contribution in [2.24, 2.45) is 11.8 Å². The van der Waals surface area contributed by atoms with E-state index in [0.717, 1.165) is 24.4 Å². The normalized spacial score (nSPS) is 34.7. The molecule has 1 heterocycles. The summed E-state index contributed by atoms with van der Waals surface area (Å²) in [7, 11) is 0. The Morgan fingerprint density at radius 3 is 2.67 bits per heavy atom. The van der Waals surface area contributed by atoms with Crippen molar-refractivity contribution in [3.05, 3.63) is 0 Å². The smallest absolute Gasteiger partial charge is 0.0107 e. The van der Waals surface area contributed by atoms with E-state index in [9.17, 15) is 0 Å². The van der Waals surface area contributed by atoms with Crippen molar-refractivity contribution < 1.29 is 0 Å². The molecule has 2 heteroatoms. The second kappa shape index (κ2) is 7.49. The first-order valence-corrected chi connectivity index (χ1v) is 8.29. The fourth-order valence-corrected chi connectivity index (χ4v) is 3.93. The van der Waals surface area contributed by atoms with Crippen molar-refractivity contribution in [2.75, 3.05) is 26.2 Å². The minimum Gasteiger partial charge on any atom is -0.314 e. The van der Waals surface area contributed by atoms with Crippen LogP contribution in [0, 0.1) is 11.8 Å². The van der Waals surface area contributed by atoms with Crippen LogP contribution in [0.2, 0.25) is 0 Å². The van der Waals surface area contributed by atoms with Crippen molar-refractivity contribution in [3.63, 3.8) is 0 Å². The largest absolute Gasteiger partial charge is 0.314 e. The van der Waals surface area contributed by atoms with Gasteiger partial charge < -0.3 is 10.2 Å². The maximum absolute atomic E-state index is 3.69. The van der Waals surface area contributed by atoms with Gasteiger partial charge in [-0.05, 0) is 63.6 Å². The van der Waals surface area contributed by atoms with Crippen LogP contribution in [-0.2, 0) is 0 Å². The van der Waals surface area contributed by atoms with Gasteiger partial charge in [0.15, 0.2) is 0 Å². The lowest BCUT2D eigenvalue weighted by atomic mass is 9.98. The molecule has 0 spiro atoms. The summed E-state index contributed by atoms with van der Waals surface area (Å²) in [6.45, 7) is 9.80. The van der Waals surface area contributed by atoms with Crippen LogP contribution in [0.15, 0.2) is 0 Å². The van der Waals surface area contributed by atoms with Crippen molar-refractivity contribution in [1.29, 1.82) is 0 Å². The van der Waals surface area contributed by atoms with E-state index in [1.165, 1.54) is 64.6 Å². The molecule has 1 N–H and O–H groups in total. The Bertz CT molecular complexity index is 229. The first-order chi connectivity index (χ1) is 8.83. The molecule has 0 aromatic rings. The van der Waals surface area contributed by atoms with Gasteiger partial charge in [0.2, 0.25) is 0 Å². The summed E-state index contributed by atoms with van der Waals surface area (Å²) >= 11 is 0. The highest BCUT2D eigenvalue weighted by Crippen LogP contribution is 2.28. The molecular formula is C16H32N2. The summed E-state index contributed by atoms with van der Waals surface area (Å²) in [5.74, 6) is 1.92. The highest BCUT2D eigenvalue weighted by molar-refractivity contribution is 4.85. The first kappa shape index (κ1) is 14.3. The molecule has 1 aliphatic heterocycles. The SMILES string of the molecule is CCNC1CCCC1CN1CCCC(CC)CC1. The van der Waals surface area contributed by atoms with Gasteiger partial charge in [-0.2, -0.15) is 0 Å². The Labute approximate surface area is 114 Å². The lowest BCUT2D eigenvalue weighted by molar-refractivity contribution is 0.218. The molecule has 3 atom stereocenters. The Kier molecular flexibility index (Phi) is 5.97. The number of hydrogen-bond acceptors (Lipinski definition) is 2. The summed E-state index contributed by atoms with van der Waals surface area (Å²) in [6, 6.07) is 0.806. The van der Waals surface area contributed by atoms with Crippen LogP contribution < -0.4 is 5.32 Å². The highest BCUT2D eigenvalue weighted by atomic mass is 15.1. The van der Waals surface area contributed by atoms with E-state index in [4.69, 9.17) is 0 Å². The molecule has 3 unspecified atom stereocenters. The van der Waals surface area contributed by atoms with E-state index in [1.54, 1.807) is 0 Å². The van der Waals surface area contributed by atoms with Crippen LogP contribution in [0.1, 0.15) is 58.8 Å². The van der Waals surface area contributed by atoms with E-state index < -0.39 is 0 Å². The molecule has 2 nitrogen and oxygen atoms in total. The number of nitrogens with zero attached hydrogens (tertiary/aromatic N) is 1. The van der Waals surface area contributed by atoms with Crippen molar-refractivity contribution in [1.82, 2.24) is 10.2 Å². The van der Waals surface area contributed by atoms with Gasteiger partial charge in [0.05, 0.1) is 0 Å². The van der Waals surface area contributed by atoms with Gasteiger partial charge in [0.1, 0.15) is 0 Å². The lowest BCUT2D eigenvalue weighted by Gasteiger charge is -2.28. The lowest BCUT2D eigenvalue weighted by Crippen LogP contribution is -2.39. The van der Waals surface area contributed by atoms with Gasteiger partial charge in [0, 0.05) is 12.6 Å². The van der Waals surface area contributed by atoms with Gasteiger partial charge in [-0.1, -0.05) is 26.7 Å². The number of rotatable bonds is 5. The maximum atomic E-state index is 3.69. The van der Waals surface area contributed by atoms with Crippen LogP contribution in [0.5, 0.6) is 0 Å². The Hall–Kier alpha value is -0.0800. The molecule has 0 aromatic carbocycles. The highest BCUT2D eigenvalue weighted by Gasteiger charge is 2.28. The zero-order valence-corrected chi connectivity index (χ0v) is 12.5. The van der Waals surface area contributed by atoms with Gasteiger partial charge in [-0.3, -0.25) is 0 Å². The van der Waals surface area contributed by atoms with Gasteiger partial charge in [-0.25, -0.2) is 0 Å². The zero-order chi connectivity index (χ0) is 12.8. The van der Waals surface area contributed by atoms with E-state index >= 15 is 0 Å². The molecule has 2 aliphatic rings. The molecule has 0 bridgehead atoms. The van der Waals surface area contributed by atoms with Crippen LogP contribution >= 0.6 is 0 Å². The van der Waals surface area contributed by atoms with Crippen molar-refractivity contribution in [3.8, 4) is 0 Å². The third-order valence-electron chi connectivity index (χ3n) is 5.14. The average molecular weight is 252 g/mol. The monoisotopic (exact) mass is 252 g/mol. The zero-order valence-electron chi connectivity index (χ0n) is 12.5. The molecule has 0 amide bonds. The Morgan fingerprint density at radius 1 is 1.00 bits per heavy atom. The molecule has 18 heavy (non-hydrogen) atoms. The Balaban J connectivity index is 1.78. The summed E-state index contributed by atoms with van der Waals surface area (Å²) in [4.78, 5) is 2.76. The van der Waals surface area contributed by atoms with Crippen LogP contribution in [0.4, 0.5) is 0 Å².